The number of nitrogens with one attached hydrogen (secondary N) is 1. The summed E-state index contributed by atoms with van der Waals surface area (Å²) in [6.45, 7) is 0. The van der Waals surface area contributed by atoms with Crippen molar-refractivity contribution < 1.29 is 4.39 Å². The molecule has 1 aliphatic carbocycles. The molecule has 1 fully saturated rings. The lowest BCUT2D eigenvalue weighted by atomic mass is 10.1. The minimum absolute atomic E-state index is 0.287. The van der Waals surface area contributed by atoms with Gasteiger partial charge in [0, 0.05) is 11.6 Å². The quantitative estimate of drug-likeness (QED) is 0.473. The third kappa shape index (κ3) is 3.26. The first-order valence-corrected chi connectivity index (χ1v) is 9.80. The zero-order chi connectivity index (χ0) is 20.1. The molecule has 146 valence electrons. The van der Waals surface area contributed by atoms with Crippen LogP contribution in [0.3, 0.4) is 0 Å². The molecular formula is C20H15Cl2FN6. The van der Waals surface area contributed by atoms with Crippen molar-refractivity contribution in [1.29, 1.82) is 0 Å². The zero-order valence-electron chi connectivity index (χ0n) is 15.0. The van der Waals surface area contributed by atoms with E-state index in [1.807, 2.05) is 0 Å². The summed E-state index contributed by atoms with van der Waals surface area (Å²) in [5.41, 5.74) is 8.12. The molecule has 1 aliphatic rings. The highest BCUT2D eigenvalue weighted by Gasteiger charge is 2.25. The minimum Gasteiger partial charge on any atom is -0.383 e. The molecular weight excluding hydrogens is 414 g/mol. The fraction of sp³-hybridized carbons (Fsp3) is 0.150. The Labute approximate surface area is 175 Å². The van der Waals surface area contributed by atoms with Crippen molar-refractivity contribution in [3.8, 4) is 16.9 Å². The summed E-state index contributed by atoms with van der Waals surface area (Å²) in [4.78, 5) is 9.07. The molecule has 2 aromatic carbocycles. The van der Waals surface area contributed by atoms with E-state index in [-0.39, 0.29) is 5.82 Å². The molecule has 9 heteroatoms. The highest BCUT2D eigenvalue weighted by Crippen LogP contribution is 2.35. The van der Waals surface area contributed by atoms with E-state index in [2.05, 4.69) is 20.4 Å². The van der Waals surface area contributed by atoms with E-state index in [0.717, 1.165) is 12.8 Å². The van der Waals surface area contributed by atoms with E-state index in [1.54, 1.807) is 36.4 Å². The Bertz CT molecular complexity index is 1250. The number of rotatable bonds is 4. The predicted octanol–water partition coefficient (Wildman–Crippen LogP) is 5.08. The van der Waals surface area contributed by atoms with Gasteiger partial charge in [0.1, 0.15) is 11.6 Å². The maximum Gasteiger partial charge on any atom is 0.225 e. The smallest absolute Gasteiger partial charge is 0.225 e. The number of hydrogen-bond donors (Lipinski definition) is 2. The van der Waals surface area contributed by atoms with Gasteiger partial charge in [-0.3, -0.25) is 0 Å². The van der Waals surface area contributed by atoms with Crippen molar-refractivity contribution >= 4 is 46.0 Å². The molecule has 29 heavy (non-hydrogen) atoms. The second-order valence-corrected chi connectivity index (χ2v) is 7.70. The molecule has 0 saturated heterocycles. The van der Waals surface area contributed by atoms with Crippen molar-refractivity contribution in [3.63, 3.8) is 0 Å². The summed E-state index contributed by atoms with van der Waals surface area (Å²) in [5, 5.41) is 9.06. The van der Waals surface area contributed by atoms with Crippen molar-refractivity contribution in [1.82, 2.24) is 19.7 Å². The molecule has 0 atom stereocenters. The van der Waals surface area contributed by atoms with Crippen molar-refractivity contribution in [2.24, 2.45) is 0 Å². The number of aromatic nitrogens is 4. The van der Waals surface area contributed by atoms with Crippen LogP contribution in [0.15, 0.2) is 42.5 Å². The van der Waals surface area contributed by atoms with E-state index in [9.17, 15) is 4.39 Å². The van der Waals surface area contributed by atoms with Crippen LogP contribution in [0.2, 0.25) is 10.0 Å². The van der Waals surface area contributed by atoms with E-state index in [1.165, 1.54) is 10.7 Å². The number of hydrogen-bond acceptors (Lipinski definition) is 5. The summed E-state index contributed by atoms with van der Waals surface area (Å²) >= 11 is 12.2. The SMILES string of the molecule is Nc1c2c(-c3ccccc3F)nc(NC3CC3)nc2nn1-c1ccc(Cl)c(Cl)c1. The third-order valence-electron chi connectivity index (χ3n) is 4.76. The van der Waals surface area contributed by atoms with E-state index in [4.69, 9.17) is 28.9 Å². The minimum atomic E-state index is -0.397. The van der Waals surface area contributed by atoms with Crippen LogP contribution in [0.1, 0.15) is 12.8 Å². The summed E-state index contributed by atoms with van der Waals surface area (Å²) < 4.78 is 16.1. The van der Waals surface area contributed by atoms with Gasteiger partial charge in [-0.25, -0.2) is 14.1 Å². The second kappa shape index (κ2) is 6.86. The molecule has 5 rings (SSSR count). The molecule has 6 nitrogen and oxygen atoms in total. The van der Waals surface area contributed by atoms with Crippen LogP contribution in [-0.4, -0.2) is 25.8 Å². The Kier molecular flexibility index (Phi) is 4.29. The Morgan fingerprint density at radius 2 is 1.86 bits per heavy atom. The lowest BCUT2D eigenvalue weighted by molar-refractivity contribution is 0.631. The molecule has 0 bridgehead atoms. The molecule has 4 aromatic rings. The monoisotopic (exact) mass is 428 g/mol. The lowest BCUT2D eigenvalue weighted by Crippen LogP contribution is -2.06. The van der Waals surface area contributed by atoms with E-state index >= 15 is 0 Å². The largest absolute Gasteiger partial charge is 0.383 e. The van der Waals surface area contributed by atoms with Crippen LogP contribution in [0, 0.1) is 5.82 Å². The Morgan fingerprint density at radius 3 is 2.59 bits per heavy atom. The maximum absolute atomic E-state index is 14.6. The van der Waals surface area contributed by atoms with Crippen LogP contribution >= 0.6 is 23.2 Å². The first-order valence-electron chi connectivity index (χ1n) is 9.04. The second-order valence-electron chi connectivity index (χ2n) is 6.89. The topological polar surface area (TPSA) is 81.7 Å². The summed E-state index contributed by atoms with van der Waals surface area (Å²) in [5.74, 6) is 0.290. The zero-order valence-corrected chi connectivity index (χ0v) is 16.5. The van der Waals surface area contributed by atoms with Gasteiger partial charge in [0.25, 0.3) is 0 Å². The first-order chi connectivity index (χ1) is 14.0. The number of fused-ring (bicyclic) bond motifs is 1. The maximum atomic E-state index is 14.6. The fourth-order valence-corrected chi connectivity index (χ4v) is 3.44. The number of benzene rings is 2. The van der Waals surface area contributed by atoms with Crippen LogP contribution in [-0.2, 0) is 0 Å². The van der Waals surface area contributed by atoms with E-state index < -0.39 is 5.82 Å². The number of nitrogen functional groups attached to an aromatic ring is 1. The van der Waals surface area contributed by atoms with Crippen molar-refractivity contribution in [2.45, 2.75) is 18.9 Å². The Hall–Kier alpha value is -2.90. The van der Waals surface area contributed by atoms with Crippen LogP contribution < -0.4 is 11.1 Å². The summed E-state index contributed by atoms with van der Waals surface area (Å²) in [7, 11) is 0. The van der Waals surface area contributed by atoms with Gasteiger partial charge in [-0.1, -0.05) is 35.3 Å². The van der Waals surface area contributed by atoms with Crippen molar-refractivity contribution in [3.05, 3.63) is 58.3 Å². The van der Waals surface area contributed by atoms with Gasteiger partial charge in [-0.15, -0.1) is 5.10 Å². The predicted molar refractivity (Wildman–Crippen MR) is 113 cm³/mol. The van der Waals surface area contributed by atoms with Gasteiger partial charge in [0.05, 0.1) is 26.8 Å². The van der Waals surface area contributed by atoms with Gasteiger partial charge in [-0.05, 0) is 43.2 Å². The molecule has 0 unspecified atom stereocenters. The third-order valence-corrected chi connectivity index (χ3v) is 5.50. The molecule has 0 aliphatic heterocycles. The number of halogens is 3. The molecule has 2 aromatic heterocycles. The van der Waals surface area contributed by atoms with Gasteiger partial charge >= 0.3 is 0 Å². The summed E-state index contributed by atoms with van der Waals surface area (Å²) in [6, 6.07) is 11.8. The number of anilines is 2. The van der Waals surface area contributed by atoms with Gasteiger partial charge in [0.2, 0.25) is 5.95 Å². The summed E-state index contributed by atoms with van der Waals surface area (Å²) in [6.07, 6.45) is 2.10. The standard InChI is InChI=1S/C20H15Cl2FN6/c21-13-8-7-11(9-14(13)22)29-18(24)16-17(12-3-1-2-4-15(12)23)26-20(25-10-5-6-10)27-19(16)28-29/h1-4,7-10H,5-6,24H2,(H,25,27,28). The van der Waals surface area contributed by atoms with Crippen LogP contribution in [0.4, 0.5) is 16.2 Å². The molecule has 0 radical (unpaired) electrons. The van der Waals surface area contributed by atoms with Crippen LogP contribution in [0.5, 0.6) is 0 Å². The number of nitrogens with two attached hydrogens (primary N) is 1. The normalized spacial score (nSPS) is 13.8. The fourth-order valence-electron chi connectivity index (χ4n) is 3.15. The highest BCUT2D eigenvalue weighted by molar-refractivity contribution is 6.42. The molecule has 3 N–H and O–H groups in total. The van der Waals surface area contributed by atoms with Gasteiger partial charge in [-0.2, -0.15) is 4.98 Å². The Balaban J connectivity index is 1.76. The van der Waals surface area contributed by atoms with E-state index in [0.29, 0.717) is 50.0 Å². The Morgan fingerprint density at radius 1 is 1.07 bits per heavy atom. The molecule has 0 spiro atoms. The number of nitrogens with zero attached hydrogens (tertiary/aromatic N) is 4. The van der Waals surface area contributed by atoms with Gasteiger partial charge < -0.3 is 11.1 Å². The molecule has 2 heterocycles. The van der Waals surface area contributed by atoms with Crippen molar-refractivity contribution in [2.75, 3.05) is 11.1 Å². The molecule has 1 saturated carbocycles. The average Bonchev–Trinajstić information content (AvgIpc) is 3.45. The van der Waals surface area contributed by atoms with Crippen LogP contribution in [0.25, 0.3) is 28.0 Å². The molecule has 0 amide bonds. The first kappa shape index (κ1) is 18.1. The average molecular weight is 429 g/mol. The van der Waals surface area contributed by atoms with Gasteiger partial charge in [0.15, 0.2) is 5.65 Å². The lowest BCUT2D eigenvalue weighted by Gasteiger charge is -2.08. The highest BCUT2D eigenvalue weighted by atomic mass is 35.5.